The molecule has 0 atom stereocenters. The molecule has 0 amide bonds. The quantitative estimate of drug-likeness (QED) is 0.597. The first-order valence-corrected chi connectivity index (χ1v) is 11.6. The first-order chi connectivity index (χ1) is 13.8. The summed E-state index contributed by atoms with van der Waals surface area (Å²) in [5, 5.41) is 0.594. The molecular formula is C20H23BrF3N3OS. The lowest BCUT2D eigenvalue weighted by molar-refractivity contribution is -0.137. The molecule has 0 unspecified atom stereocenters. The summed E-state index contributed by atoms with van der Waals surface area (Å²) in [5.41, 5.74) is -1.45. The number of fused-ring (bicyclic) bond motifs is 1. The molecule has 1 saturated carbocycles. The molecule has 2 fully saturated rings. The molecule has 29 heavy (non-hydrogen) atoms. The zero-order chi connectivity index (χ0) is 20.6. The van der Waals surface area contributed by atoms with Crippen molar-refractivity contribution in [2.45, 2.75) is 38.3 Å². The third kappa shape index (κ3) is 4.77. The van der Waals surface area contributed by atoms with Crippen LogP contribution in [-0.4, -0.2) is 42.6 Å². The topological polar surface area (TPSA) is 36.4 Å². The number of hydrogen-bond donors (Lipinski definition) is 0. The average molecular weight is 490 g/mol. The van der Waals surface area contributed by atoms with Crippen LogP contribution in [0.3, 0.4) is 0 Å². The van der Waals surface area contributed by atoms with Crippen LogP contribution < -0.4 is 10.5 Å². The summed E-state index contributed by atoms with van der Waals surface area (Å²) < 4.78 is 39.9. The molecule has 0 spiro atoms. The van der Waals surface area contributed by atoms with Crippen molar-refractivity contribution in [3.63, 3.8) is 0 Å². The van der Waals surface area contributed by atoms with E-state index in [1.54, 1.807) is 0 Å². The van der Waals surface area contributed by atoms with E-state index in [-0.39, 0.29) is 9.86 Å². The number of benzene rings is 1. The maximum Gasteiger partial charge on any atom is 0.416 e. The van der Waals surface area contributed by atoms with Crippen LogP contribution in [0.25, 0.3) is 10.1 Å². The standard InChI is InChI=1S/C20H23BrF3N3OS/c21-16-11-14(20(22,23)24)10-15-17(16)29-19(25-18(15)28)27-8-6-26(7-9-27)12-13-4-2-1-3-5-13/h10-11,13H,1-9,12H2. The zero-order valence-electron chi connectivity index (χ0n) is 16.0. The molecule has 4 rings (SSSR count). The Bertz CT molecular complexity index is 935. The number of hydrogen-bond acceptors (Lipinski definition) is 5. The monoisotopic (exact) mass is 489 g/mol. The van der Waals surface area contributed by atoms with Crippen molar-refractivity contribution in [1.82, 2.24) is 9.88 Å². The second kappa shape index (κ2) is 8.51. The van der Waals surface area contributed by atoms with Crippen LogP contribution in [0.15, 0.2) is 21.4 Å². The molecule has 0 N–H and O–H groups in total. The maximum atomic E-state index is 13.0. The van der Waals surface area contributed by atoms with E-state index in [2.05, 4.69) is 30.7 Å². The highest BCUT2D eigenvalue weighted by atomic mass is 79.9. The van der Waals surface area contributed by atoms with E-state index in [9.17, 15) is 18.0 Å². The van der Waals surface area contributed by atoms with Crippen LogP contribution in [0.4, 0.5) is 18.3 Å². The zero-order valence-corrected chi connectivity index (χ0v) is 18.4. The molecule has 1 aliphatic carbocycles. The van der Waals surface area contributed by atoms with Gasteiger partial charge in [0.2, 0.25) is 0 Å². The van der Waals surface area contributed by atoms with E-state index in [1.165, 1.54) is 43.4 Å². The Balaban J connectivity index is 1.50. The van der Waals surface area contributed by atoms with Crippen molar-refractivity contribution in [1.29, 1.82) is 0 Å². The van der Waals surface area contributed by atoms with E-state index in [1.807, 2.05) is 0 Å². The minimum atomic E-state index is -4.50. The molecule has 4 nitrogen and oxygen atoms in total. The Labute approximate surface area is 179 Å². The molecule has 2 aromatic rings. The highest BCUT2D eigenvalue weighted by Gasteiger charge is 2.32. The van der Waals surface area contributed by atoms with Gasteiger partial charge in [-0.2, -0.15) is 18.2 Å². The third-order valence-electron chi connectivity index (χ3n) is 5.88. The molecule has 1 aromatic carbocycles. The van der Waals surface area contributed by atoms with Crippen molar-refractivity contribution < 1.29 is 13.2 Å². The molecule has 1 saturated heterocycles. The van der Waals surface area contributed by atoms with Gasteiger partial charge >= 0.3 is 6.18 Å². The van der Waals surface area contributed by atoms with Gasteiger partial charge in [0.05, 0.1) is 15.6 Å². The number of halogens is 4. The molecule has 0 bridgehead atoms. The number of anilines is 1. The Morgan fingerprint density at radius 2 is 1.79 bits per heavy atom. The Kier molecular flexibility index (Phi) is 6.18. The Morgan fingerprint density at radius 1 is 1.10 bits per heavy atom. The molecule has 9 heteroatoms. The molecule has 158 valence electrons. The minimum Gasteiger partial charge on any atom is -0.345 e. The number of piperazine rings is 1. The number of rotatable bonds is 3. The van der Waals surface area contributed by atoms with Crippen molar-refractivity contribution in [2.75, 3.05) is 37.6 Å². The second-order valence-corrected chi connectivity index (χ2v) is 9.76. The molecule has 1 aromatic heterocycles. The summed E-state index contributed by atoms with van der Waals surface area (Å²) in [7, 11) is 0. The number of aromatic nitrogens is 1. The fraction of sp³-hybridized carbons (Fsp3) is 0.600. The summed E-state index contributed by atoms with van der Waals surface area (Å²) in [5.74, 6) is 0.795. The Hall–Kier alpha value is -1.19. The van der Waals surface area contributed by atoms with Gasteiger partial charge < -0.3 is 4.90 Å². The maximum absolute atomic E-state index is 13.0. The molecular weight excluding hydrogens is 467 g/mol. The van der Waals surface area contributed by atoms with Gasteiger partial charge in [0, 0.05) is 37.2 Å². The predicted octanol–water partition coefficient (Wildman–Crippen LogP) is 5.14. The Morgan fingerprint density at radius 3 is 2.45 bits per heavy atom. The van der Waals surface area contributed by atoms with E-state index in [0.717, 1.165) is 50.8 Å². The second-order valence-electron chi connectivity index (χ2n) is 7.93. The predicted molar refractivity (Wildman–Crippen MR) is 114 cm³/mol. The van der Waals surface area contributed by atoms with Gasteiger partial charge in [0.25, 0.3) is 5.56 Å². The van der Waals surface area contributed by atoms with Gasteiger partial charge in [-0.25, -0.2) is 0 Å². The summed E-state index contributed by atoms with van der Waals surface area (Å²) in [6, 6.07) is 1.93. The normalized spacial score (nSPS) is 19.8. The summed E-state index contributed by atoms with van der Waals surface area (Å²) in [6.45, 7) is 4.54. The van der Waals surface area contributed by atoms with E-state index < -0.39 is 17.3 Å². The number of nitrogens with zero attached hydrogens (tertiary/aromatic N) is 3. The minimum absolute atomic E-state index is 0.0105. The van der Waals surface area contributed by atoms with Crippen molar-refractivity contribution in [2.24, 2.45) is 5.92 Å². The van der Waals surface area contributed by atoms with Gasteiger partial charge in [0.1, 0.15) is 0 Å². The van der Waals surface area contributed by atoms with Crippen molar-refractivity contribution >= 4 is 42.5 Å². The van der Waals surface area contributed by atoms with Crippen molar-refractivity contribution in [3.05, 3.63) is 32.5 Å². The third-order valence-corrected chi connectivity index (χ3v) is 7.94. The lowest BCUT2D eigenvalue weighted by atomic mass is 9.89. The molecule has 0 radical (unpaired) electrons. The van der Waals surface area contributed by atoms with Crippen LogP contribution in [0.2, 0.25) is 0 Å². The summed E-state index contributed by atoms with van der Waals surface area (Å²) in [6.07, 6.45) is 2.18. The SMILES string of the molecule is O=c1nc(N2CCN(CC3CCCCC3)CC2)sc2c(Br)cc(C(F)(F)F)cc12. The van der Waals surface area contributed by atoms with Gasteiger partial charge in [-0.05, 0) is 46.8 Å². The fourth-order valence-electron chi connectivity index (χ4n) is 4.27. The van der Waals surface area contributed by atoms with Crippen LogP contribution in [-0.2, 0) is 6.18 Å². The lowest BCUT2D eigenvalue weighted by Crippen LogP contribution is -2.48. The van der Waals surface area contributed by atoms with E-state index in [0.29, 0.717) is 9.83 Å². The first kappa shape index (κ1) is 21.1. The number of alkyl halides is 3. The fourth-order valence-corrected chi connectivity index (χ4v) is 6.01. The molecule has 2 heterocycles. The lowest BCUT2D eigenvalue weighted by Gasteiger charge is -2.37. The van der Waals surface area contributed by atoms with Gasteiger partial charge in [-0.15, -0.1) is 0 Å². The first-order valence-electron chi connectivity index (χ1n) is 10.00. The highest BCUT2D eigenvalue weighted by Crippen LogP contribution is 2.37. The molecule has 1 aliphatic heterocycles. The largest absolute Gasteiger partial charge is 0.416 e. The van der Waals surface area contributed by atoms with Crippen LogP contribution in [0.5, 0.6) is 0 Å². The smallest absolute Gasteiger partial charge is 0.345 e. The summed E-state index contributed by atoms with van der Waals surface area (Å²) in [4.78, 5) is 21.1. The van der Waals surface area contributed by atoms with E-state index in [4.69, 9.17) is 0 Å². The summed E-state index contributed by atoms with van der Waals surface area (Å²) >= 11 is 4.49. The van der Waals surface area contributed by atoms with Crippen LogP contribution >= 0.6 is 27.3 Å². The molecule has 2 aliphatic rings. The van der Waals surface area contributed by atoms with Crippen LogP contribution in [0.1, 0.15) is 37.7 Å². The average Bonchev–Trinajstić information content (AvgIpc) is 2.69. The van der Waals surface area contributed by atoms with Gasteiger partial charge in [-0.1, -0.05) is 30.6 Å². The van der Waals surface area contributed by atoms with Gasteiger partial charge in [0.15, 0.2) is 5.13 Å². The van der Waals surface area contributed by atoms with Crippen LogP contribution in [0, 0.1) is 5.92 Å². The highest BCUT2D eigenvalue weighted by molar-refractivity contribution is 9.10. The van der Waals surface area contributed by atoms with E-state index >= 15 is 0 Å². The van der Waals surface area contributed by atoms with Gasteiger partial charge in [-0.3, -0.25) is 9.69 Å². The van der Waals surface area contributed by atoms with Crippen molar-refractivity contribution in [3.8, 4) is 0 Å².